The third-order valence-corrected chi connectivity index (χ3v) is 6.49. The van der Waals surface area contributed by atoms with Gasteiger partial charge in [0.05, 0.1) is 32.0 Å². The van der Waals surface area contributed by atoms with Crippen LogP contribution in [0, 0.1) is 11.7 Å². The lowest BCUT2D eigenvalue weighted by Crippen LogP contribution is -2.51. The first-order valence-corrected chi connectivity index (χ1v) is 12.7. The Morgan fingerprint density at radius 1 is 1.22 bits per heavy atom. The van der Waals surface area contributed by atoms with Crippen molar-refractivity contribution in [3.63, 3.8) is 0 Å². The summed E-state index contributed by atoms with van der Waals surface area (Å²) >= 11 is 6.49. The van der Waals surface area contributed by atoms with E-state index in [0.717, 1.165) is 12.0 Å². The number of hydrogen-bond acceptors (Lipinski definition) is 6. The summed E-state index contributed by atoms with van der Waals surface area (Å²) in [6.07, 6.45) is 0.148. The molecule has 4 rings (SSSR count). The van der Waals surface area contributed by atoms with Crippen molar-refractivity contribution >= 4 is 17.5 Å². The van der Waals surface area contributed by atoms with Gasteiger partial charge >= 0.3 is 0 Å². The SMILES string of the molecule is COc1ccc(F)c(CN2CCOC(C(=O)N(Cc3cc(Cl)c4c(c3)OCCCO4)CC(C)C)C2)c1. The van der Waals surface area contributed by atoms with Crippen molar-refractivity contribution in [2.24, 2.45) is 5.92 Å². The number of halogens is 2. The molecule has 0 aliphatic carbocycles. The van der Waals surface area contributed by atoms with Crippen molar-refractivity contribution in [2.75, 3.05) is 46.6 Å². The summed E-state index contributed by atoms with van der Waals surface area (Å²) in [5, 5.41) is 0.474. The van der Waals surface area contributed by atoms with Crippen LogP contribution >= 0.6 is 11.6 Å². The molecular formula is C27H34ClFN2O5. The van der Waals surface area contributed by atoms with Crippen LogP contribution in [-0.2, 0) is 22.6 Å². The lowest BCUT2D eigenvalue weighted by Gasteiger charge is -2.35. The summed E-state index contributed by atoms with van der Waals surface area (Å²) in [5.74, 6) is 1.63. The minimum absolute atomic E-state index is 0.0947. The van der Waals surface area contributed by atoms with Crippen LogP contribution in [0.5, 0.6) is 17.2 Å². The molecule has 0 spiro atoms. The Kier molecular flexibility index (Phi) is 8.93. The van der Waals surface area contributed by atoms with Gasteiger partial charge in [0.15, 0.2) is 11.5 Å². The zero-order valence-corrected chi connectivity index (χ0v) is 21.9. The first-order chi connectivity index (χ1) is 17.3. The molecule has 1 saturated heterocycles. The van der Waals surface area contributed by atoms with Crippen molar-refractivity contribution < 1.29 is 28.1 Å². The number of morpholine rings is 1. The highest BCUT2D eigenvalue weighted by Gasteiger charge is 2.31. The Morgan fingerprint density at radius 3 is 2.81 bits per heavy atom. The predicted octanol–water partition coefficient (Wildman–Crippen LogP) is 4.53. The van der Waals surface area contributed by atoms with Gasteiger partial charge in [0.25, 0.3) is 5.91 Å². The second-order valence-electron chi connectivity index (χ2n) is 9.62. The smallest absolute Gasteiger partial charge is 0.253 e. The summed E-state index contributed by atoms with van der Waals surface area (Å²) in [4.78, 5) is 17.5. The van der Waals surface area contributed by atoms with Crippen molar-refractivity contribution in [1.82, 2.24) is 9.80 Å². The molecule has 1 amide bonds. The fourth-order valence-corrected chi connectivity index (χ4v) is 4.80. The Balaban J connectivity index is 1.48. The number of fused-ring (bicyclic) bond motifs is 1. The zero-order chi connectivity index (χ0) is 25.7. The number of rotatable bonds is 8. The van der Waals surface area contributed by atoms with Crippen molar-refractivity contribution in [1.29, 1.82) is 0 Å². The number of benzene rings is 2. The molecule has 36 heavy (non-hydrogen) atoms. The summed E-state index contributed by atoms with van der Waals surface area (Å²) < 4.78 is 37.1. The van der Waals surface area contributed by atoms with Gasteiger partial charge in [-0.1, -0.05) is 25.4 Å². The number of methoxy groups -OCH3 is 1. The van der Waals surface area contributed by atoms with Gasteiger partial charge < -0.3 is 23.8 Å². The van der Waals surface area contributed by atoms with E-state index in [1.165, 1.54) is 6.07 Å². The number of amides is 1. The van der Waals surface area contributed by atoms with Gasteiger partial charge in [-0.25, -0.2) is 4.39 Å². The second kappa shape index (κ2) is 12.1. The quantitative estimate of drug-likeness (QED) is 0.509. The molecule has 2 aliphatic rings. The molecule has 0 saturated carbocycles. The Bertz CT molecular complexity index is 1070. The molecule has 9 heteroatoms. The number of hydrogen-bond donors (Lipinski definition) is 0. The number of nitrogens with zero attached hydrogens (tertiary/aromatic N) is 2. The Labute approximate surface area is 217 Å². The fraction of sp³-hybridized carbons (Fsp3) is 0.519. The van der Waals surface area contributed by atoms with E-state index in [1.807, 2.05) is 17.0 Å². The first-order valence-electron chi connectivity index (χ1n) is 12.4. The first kappa shape index (κ1) is 26.5. The van der Waals surface area contributed by atoms with Crippen LogP contribution in [0.2, 0.25) is 5.02 Å². The van der Waals surface area contributed by atoms with Crippen LogP contribution in [0.15, 0.2) is 30.3 Å². The van der Waals surface area contributed by atoms with Gasteiger partial charge in [0, 0.05) is 44.7 Å². The third kappa shape index (κ3) is 6.60. The van der Waals surface area contributed by atoms with Gasteiger partial charge in [-0.15, -0.1) is 0 Å². The molecular weight excluding hydrogens is 487 g/mol. The standard InChI is InChI=1S/C27H34ClFN2O5/c1-18(2)14-31(15-19-11-22(28)26-24(12-19)34-8-4-9-36-26)27(32)25-17-30(7-10-35-25)16-20-13-21(33-3)5-6-23(20)29/h5-6,11-13,18,25H,4,7-10,14-17H2,1-3H3. The maximum Gasteiger partial charge on any atom is 0.253 e. The fourth-order valence-electron chi connectivity index (χ4n) is 4.51. The van der Waals surface area contributed by atoms with Crippen LogP contribution in [0.25, 0.3) is 0 Å². The zero-order valence-electron chi connectivity index (χ0n) is 21.1. The van der Waals surface area contributed by atoms with E-state index < -0.39 is 6.10 Å². The molecule has 1 unspecified atom stereocenters. The van der Waals surface area contributed by atoms with Crippen molar-refractivity contribution in [3.8, 4) is 17.2 Å². The van der Waals surface area contributed by atoms with Crippen LogP contribution in [0.4, 0.5) is 4.39 Å². The van der Waals surface area contributed by atoms with Crippen molar-refractivity contribution in [2.45, 2.75) is 39.5 Å². The topological polar surface area (TPSA) is 60.5 Å². The molecule has 2 heterocycles. The molecule has 2 aromatic carbocycles. The maximum atomic E-state index is 14.4. The van der Waals surface area contributed by atoms with Gasteiger partial charge in [0.1, 0.15) is 17.7 Å². The molecule has 0 N–H and O–H groups in total. The molecule has 2 aliphatic heterocycles. The summed E-state index contributed by atoms with van der Waals surface area (Å²) in [7, 11) is 1.56. The minimum atomic E-state index is -0.637. The third-order valence-electron chi connectivity index (χ3n) is 6.21. The van der Waals surface area contributed by atoms with Gasteiger partial charge in [0.2, 0.25) is 0 Å². The lowest BCUT2D eigenvalue weighted by molar-refractivity contribution is -0.151. The summed E-state index contributed by atoms with van der Waals surface area (Å²) in [6.45, 7) is 7.95. The summed E-state index contributed by atoms with van der Waals surface area (Å²) in [6, 6.07) is 8.42. The molecule has 7 nitrogen and oxygen atoms in total. The van der Waals surface area contributed by atoms with Gasteiger partial charge in [-0.3, -0.25) is 9.69 Å². The molecule has 1 atom stereocenters. The van der Waals surface area contributed by atoms with Crippen molar-refractivity contribution in [3.05, 3.63) is 52.3 Å². The van der Waals surface area contributed by atoms with E-state index in [1.54, 1.807) is 24.1 Å². The number of ether oxygens (including phenoxy) is 4. The molecule has 0 radical (unpaired) electrons. The predicted molar refractivity (Wildman–Crippen MR) is 135 cm³/mol. The molecule has 0 aromatic heterocycles. The van der Waals surface area contributed by atoms with E-state index in [0.29, 0.717) is 80.4 Å². The molecule has 1 fully saturated rings. The van der Waals surface area contributed by atoms with E-state index >= 15 is 0 Å². The van der Waals surface area contributed by atoms with Crippen LogP contribution in [0.1, 0.15) is 31.4 Å². The average molecular weight is 521 g/mol. The number of carbonyl (C=O) groups excluding carboxylic acids is 1. The Hall–Kier alpha value is -2.55. The second-order valence-corrected chi connectivity index (χ2v) is 10.0. The Morgan fingerprint density at radius 2 is 2.03 bits per heavy atom. The van der Waals surface area contributed by atoms with E-state index in [9.17, 15) is 9.18 Å². The summed E-state index contributed by atoms with van der Waals surface area (Å²) in [5.41, 5.74) is 1.40. The highest BCUT2D eigenvalue weighted by molar-refractivity contribution is 6.32. The monoisotopic (exact) mass is 520 g/mol. The average Bonchev–Trinajstić information content (AvgIpc) is 3.10. The molecule has 2 aromatic rings. The van der Waals surface area contributed by atoms with E-state index in [-0.39, 0.29) is 17.6 Å². The number of carbonyl (C=O) groups is 1. The van der Waals surface area contributed by atoms with Crippen LogP contribution < -0.4 is 14.2 Å². The van der Waals surface area contributed by atoms with Gasteiger partial charge in [-0.05, 0) is 41.8 Å². The van der Waals surface area contributed by atoms with E-state index in [4.69, 9.17) is 30.5 Å². The molecule has 0 bridgehead atoms. The van der Waals surface area contributed by atoms with Gasteiger partial charge in [-0.2, -0.15) is 0 Å². The molecule has 196 valence electrons. The maximum absolute atomic E-state index is 14.4. The highest BCUT2D eigenvalue weighted by Crippen LogP contribution is 2.38. The van der Waals surface area contributed by atoms with Crippen LogP contribution in [-0.4, -0.2) is 68.4 Å². The minimum Gasteiger partial charge on any atom is -0.497 e. The lowest BCUT2D eigenvalue weighted by atomic mass is 10.1. The normalized spacial score (nSPS) is 18.1. The largest absolute Gasteiger partial charge is 0.497 e. The van der Waals surface area contributed by atoms with Crippen LogP contribution in [0.3, 0.4) is 0 Å². The van der Waals surface area contributed by atoms with E-state index in [2.05, 4.69) is 13.8 Å². The highest BCUT2D eigenvalue weighted by atomic mass is 35.5.